The van der Waals surface area contributed by atoms with Crippen LogP contribution in [0, 0.1) is 6.92 Å². The molecule has 2 unspecified atom stereocenters. The number of rotatable bonds is 4. The molecule has 1 fully saturated rings. The molecule has 2 nitrogen and oxygen atoms in total. The highest BCUT2D eigenvalue weighted by molar-refractivity contribution is 7.99. The van der Waals surface area contributed by atoms with Crippen LogP contribution in [0.15, 0.2) is 28.7 Å². The van der Waals surface area contributed by atoms with E-state index in [0.717, 1.165) is 23.1 Å². The summed E-state index contributed by atoms with van der Waals surface area (Å²) in [4.78, 5) is 0. The molecule has 0 radical (unpaired) electrons. The SMILES string of the molecule is CSC1CCCC(NCc2c(C)oc3ccccc23)C1. The molecule has 1 aliphatic carbocycles. The van der Waals surface area contributed by atoms with E-state index >= 15 is 0 Å². The number of hydrogen-bond acceptors (Lipinski definition) is 3. The van der Waals surface area contributed by atoms with Crippen molar-refractivity contribution >= 4 is 22.7 Å². The van der Waals surface area contributed by atoms with E-state index in [1.54, 1.807) is 0 Å². The van der Waals surface area contributed by atoms with Gasteiger partial charge in [0.15, 0.2) is 0 Å². The third kappa shape index (κ3) is 2.89. The molecule has 0 spiro atoms. The molecule has 1 N–H and O–H groups in total. The minimum atomic E-state index is 0.661. The fourth-order valence-electron chi connectivity index (χ4n) is 3.23. The molecular formula is C17H23NOS. The Morgan fingerprint density at radius 2 is 2.15 bits per heavy atom. The largest absolute Gasteiger partial charge is 0.461 e. The Balaban J connectivity index is 1.69. The van der Waals surface area contributed by atoms with Crippen molar-refractivity contribution < 1.29 is 4.42 Å². The second kappa shape index (κ2) is 6.23. The van der Waals surface area contributed by atoms with Crippen LogP contribution in [-0.2, 0) is 6.54 Å². The van der Waals surface area contributed by atoms with Crippen LogP contribution in [0.1, 0.15) is 37.0 Å². The summed E-state index contributed by atoms with van der Waals surface area (Å²) in [6, 6.07) is 9.00. The third-order valence-electron chi connectivity index (χ3n) is 4.43. The molecule has 3 rings (SSSR count). The Kier molecular flexibility index (Phi) is 4.37. The first-order valence-corrected chi connectivity index (χ1v) is 8.80. The van der Waals surface area contributed by atoms with Gasteiger partial charge in [0, 0.05) is 28.8 Å². The lowest BCUT2D eigenvalue weighted by Gasteiger charge is -2.28. The first-order chi connectivity index (χ1) is 9.78. The number of fused-ring (bicyclic) bond motifs is 1. The standard InChI is InChI=1S/C17H23NOS/c1-12-16(15-8-3-4-9-17(15)19-12)11-18-13-6-5-7-14(10-13)20-2/h3-4,8-9,13-14,18H,5-7,10-11H2,1-2H3. The maximum Gasteiger partial charge on any atom is 0.134 e. The van der Waals surface area contributed by atoms with Gasteiger partial charge in [-0.15, -0.1) is 0 Å². The minimum absolute atomic E-state index is 0.661. The lowest BCUT2D eigenvalue weighted by atomic mass is 9.94. The second-order valence-corrected chi connectivity index (χ2v) is 6.87. The smallest absolute Gasteiger partial charge is 0.134 e. The van der Waals surface area contributed by atoms with E-state index in [9.17, 15) is 0 Å². The summed E-state index contributed by atoms with van der Waals surface area (Å²) >= 11 is 2.02. The zero-order valence-electron chi connectivity index (χ0n) is 12.3. The van der Waals surface area contributed by atoms with Gasteiger partial charge in [0.1, 0.15) is 11.3 Å². The predicted octanol–water partition coefficient (Wildman–Crippen LogP) is 4.51. The molecule has 1 saturated carbocycles. The number of para-hydroxylation sites is 1. The van der Waals surface area contributed by atoms with Gasteiger partial charge in [0.05, 0.1) is 0 Å². The van der Waals surface area contributed by atoms with Crippen LogP contribution in [0.4, 0.5) is 0 Å². The van der Waals surface area contributed by atoms with Crippen molar-refractivity contribution in [1.82, 2.24) is 5.32 Å². The van der Waals surface area contributed by atoms with E-state index in [-0.39, 0.29) is 0 Å². The topological polar surface area (TPSA) is 25.2 Å². The number of thioether (sulfide) groups is 1. The van der Waals surface area contributed by atoms with Crippen molar-refractivity contribution in [3.05, 3.63) is 35.6 Å². The molecule has 2 atom stereocenters. The zero-order chi connectivity index (χ0) is 13.9. The van der Waals surface area contributed by atoms with Crippen LogP contribution in [0.3, 0.4) is 0 Å². The summed E-state index contributed by atoms with van der Waals surface area (Å²) < 4.78 is 5.84. The number of aryl methyl sites for hydroxylation is 1. The number of nitrogens with one attached hydrogen (secondary N) is 1. The average molecular weight is 289 g/mol. The Morgan fingerprint density at radius 1 is 1.30 bits per heavy atom. The first kappa shape index (κ1) is 14.0. The van der Waals surface area contributed by atoms with Crippen LogP contribution in [0.2, 0.25) is 0 Å². The highest BCUT2D eigenvalue weighted by atomic mass is 32.2. The van der Waals surface area contributed by atoms with Crippen molar-refractivity contribution in [3.63, 3.8) is 0 Å². The lowest BCUT2D eigenvalue weighted by Crippen LogP contribution is -2.34. The molecule has 1 aromatic heterocycles. The molecule has 0 amide bonds. The molecule has 3 heteroatoms. The molecular weight excluding hydrogens is 266 g/mol. The summed E-state index contributed by atoms with van der Waals surface area (Å²) in [5, 5.41) is 5.84. The Morgan fingerprint density at radius 3 is 3.00 bits per heavy atom. The van der Waals surface area contributed by atoms with Crippen LogP contribution in [0.25, 0.3) is 11.0 Å². The highest BCUT2D eigenvalue weighted by Gasteiger charge is 2.21. The van der Waals surface area contributed by atoms with Crippen LogP contribution < -0.4 is 5.32 Å². The summed E-state index contributed by atoms with van der Waals surface area (Å²) in [5.74, 6) is 1.05. The van der Waals surface area contributed by atoms with Gasteiger partial charge in [-0.3, -0.25) is 0 Å². The van der Waals surface area contributed by atoms with E-state index in [1.165, 1.54) is 36.6 Å². The number of hydrogen-bond donors (Lipinski definition) is 1. The minimum Gasteiger partial charge on any atom is -0.461 e. The maximum absolute atomic E-state index is 5.84. The number of benzene rings is 1. The predicted molar refractivity (Wildman–Crippen MR) is 87.3 cm³/mol. The van der Waals surface area contributed by atoms with E-state index in [1.807, 2.05) is 17.8 Å². The molecule has 0 aliphatic heterocycles. The van der Waals surface area contributed by atoms with Gasteiger partial charge in [-0.2, -0.15) is 11.8 Å². The number of furan rings is 1. The Labute approximate surface area is 125 Å². The van der Waals surface area contributed by atoms with E-state index in [4.69, 9.17) is 4.42 Å². The summed E-state index contributed by atoms with van der Waals surface area (Å²) in [5.41, 5.74) is 2.33. The maximum atomic E-state index is 5.84. The van der Waals surface area contributed by atoms with Crippen molar-refractivity contribution in [2.24, 2.45) is 0 Å². The van der Waals surface area contributed by atoms with Gasteiger partial charge in [-0.25, -0.2) is 0 Å². The fraction of sp³-hybridized carbons (Fsp3) is 0.529. The van der Waals surface area contributed by atoms with Gasteiger partial charge < -0.3 is 9.73 Å². The lowest BCUT2D eigenvalue weighted by molar-refractivity contribution is 0.379. The van der Waals surface area contributed by atoms with Crippen LogP contribution >= 0.6 is 11.8 Å². The van der Waals surface area contributed by atoms with Gasteiger partial charge in [0.25, 0.3) is 0 Å². The van der Waals surface area contributed by atoms with Crippen molar-refractivity contribution in [2.45, 2.75) is 50.4 Å². The molecule has 2 aromatic rings. The van der Waals surface area contributed by atoms with E-state index in [0.29, 0.717) is 6.04 Å². The Bertz CT molecular complexity index is 577. The normalized spacial score (nSPS) is 23.3. The van der Waals surface area contributed by atoms with Gasteiger partial charge in [0.2, 0.25) is 0 Å². The molecule has 1 heterocycles. The van der Waals surface area contributed by atoms with E-state index < -0.39 is 0 Å². The summed E-state index contributed by atoms with van der Waals surface area (Å²) in [7, 11) is 0. The summed E-state index contributed by atoms with van der Waals surface area (Å²) in [6.45, 7) is 3.00. The Hall–Kier alpha value is -0.930. The third-order valence-corrected chi connectivity index (χ3v) is 5.52. The first-order valence-electron chi connectivity index (χ1n) is 7.51. The van der Waals surface area contributed by atoms with Gasteiger partial charge in [-0.1, -0.05) is 24.6 Å². The molecule has 108 valence electrons. The zero-order valence-corrected chi connectivity index (χ0v) is 13.1. The van der Waals surface area contributed by atoms with Crippen LogP contribution in [0.5, 0.6) is 0 Å². The molecule has 20 heavy (non-hydrogen) atoms. The second-order valence-electron chi connectivity index (χ2n) is 5.74. The van der Waals surface area contributed by atoms with Crippen LogP contribution in [-0.4, -0.2) is 17.5 Å². The van der Waals surface area contributed by atoms with E-state index in [2.05, 4.69) is 36.7 Å². The van der Waals surface area contributed by atoms with Crippen molar-refractivity contribution in [2.75, 3.05) is 6.26 Å². The fourth-order valence-corrected chi connectivity index (χ4v) is 4.06. The quantitative estimate of drug-likeness (QED) is 0.897. The van der Waals surface area contributed by atoms with Gasteiger partial charge in [-0.05, 0) is 38.5 Å². The molecule has 1 aliphatic rings. The van der Waals surface area contributed by atoms with Crippen molar-refractivity contribution in [3.8, 4) is 0 Å². The summed E-state index contributed by atoms with van der Waals surface area (Å²) in [6.07, 6.45) is 7.59. The molecule has 0 saturated heterocycles. The highest BCUT2D eigenvalue weighted by Crippen LogP contribution is 2.28. The van der Waals surface area contributed by atoms with Crippen molar-refractivity contribution in [1.29, 1.82) is 0 Å². The average Bonchev–Trinajstić information content (AvgIpc) is 2.81. The molecule has 1 aromatic carbocycles. The molecule has 0 bridgehead atoms. The monoisotopic (exact) mass is 289 g/mol. The van der Waals surface area contributed by atoms with Gasteiger partial charge >= 0.3 is 0 Å².